The van der Waals surface area contributed by atoms with E-state index in [9.17, 15) is 0 Å². The van der Waals surface area contributed by atoms with E-state index in [0.29, 0.717) is 9.72 Å². The smallest absolute Gasteiger partial charge is 0.184 e. The Morgan fingerprint density at radius 1 is 1.70 bits per heavy atom. The van der Waals surface area contributed by atoms with Crippen molar-refractivity contribution in [1.29, 1.82) is 0 Å². The second-order valence-electron chi connectivity index (χ2n) is 2.10. The van der Waals surface area contributed by atoms with E-state index in [0.717, 1.165) is 0 Å². The Morgan fingerprint density at radius 2 is 2.40 bits per heavy atom. The van der Waals surface area contributed by atoms with Crippen LogP contribution in [0.1, 0.15) is 13.8 Å². The Labute approximate surface area is 73.8 Å². The fraction of sp³-hybridized carbons (Fsp3) is 0.500. The Morgan fingerprint density at radius 3 is 2.80 bits per heavy atom. The summed E-state index contributed by atoms with van der Waals surface area (Å²) in [6.07, 6.45) is 1.82. The topological polar surface area (TPSA) is 12.9 Å². The predicted molar refractivity (Wildman–Crippen MR) is 48.1 cm³/mol. The molecule has 1 nitrogen and oxygen atoms in total. The highest BCUT2D eigenvalue weighted by molar-refractivity contribution is 8.01. The molecule has 0 radical (unpaired) electrons. The number of thioether (sulfide) groups is 1. The predicted octanol–water partition coefficient (Wildman–Crippen LogP) is 3.30. The van der Waals surface area contributed by atoms with E-state index in [4.69, 9.17) is 11.6 Å². The summed E-state index contributed by atoms with van der Waals surface area (Å²) in [6.45, 7) is 4.30. The molecule has 0 aliphatic carbocycles. The van der Waals surface area contributed by atoms with Crippen molar-refractivity contribution in [3.05, 3.63) is 10.7 Å². The average Bonchev–Trinajstić information content (AvgIpc) is 2.13. The van der Waals surface area contributed by atoms with Crippen LogP contribution in [0.25, 0.3) is 0 Å². The van der Waals surface area contributed by atoms with E-state index >= 15 is 0 Å². The first-order valence-corrected chi connectivity index (χ1v) is 5.04. The summed E-state index contributed by atoms with van der Waals surface area (Å²) >= 11 is 8.96. The van der Waals surface area contributed by atoms with Gasteiger partial charge in [0.25, 0.3) is 0 Å². The number of hydrogen-bond donors (Lipinski definition) is 0. The molecule has 1 aromatic heterocycles. The van der Waals surface area contributed by atoms with Gasteiger partial charge >= 0.3 is 0 Å². The molecule has 1 aromatic rings. The highest BCUT2D eigenvalue weighted by Crippen LogP contribution is 2.30. The summed E-state index contributed by atoms with van der Waals surface area (Å²) in [4.78, 5) is 3.93. The molecule has 10 heavy (non-hydrogen) atoms. The number of nitrogens with zero attached hydrogens (tertiary/aromatic N) is 1. The molecule has 0 unspecified atom stereocenters. The minimum Gasteiger partial charge on any atom is -0.232 e. The van der Waals surface area contributed by atoms with Gasteiger partial charge in [-0.15, -0.1) is 11.8 Å². The first-order valence-electron chi connectivity index (χ1n) is 2.96. The molecular formula is C6H8ClNS2. The normalized spacial score (nSPS) is 10.8. The van der Waals surface area contributed by atoms with Gasteiger partial charge in [0, 0.05) is 5.25 Å². The third-order valence-corrected chi connectivity index (χ3v) is 3.07. The van der Waals surface area contributed by atoms with Crippen LogP contribution in [0.3, 0.4) is 0 Å². The molecule has 1 rings (SSSR count). The Balaban J connectivity index is 2.58. The number of halogens is 1. The molecule has 0 aromatic carbocycles. The molecule has 0 amide bonds. The standard InChI is InChI=1S/C6H8ClNS2/c1-4(2)9-5-3-8-6(7)10-5/h3-4H,1-2H3. The lowest BCUT2D eigenvalue weighted by molar-refractivity contribution is 1.11. The molecule has 0 saturated heterocycles. The second kappa shape index (κ2) is 3.60. The van der Waals surface area contributed by atoms with Crippen LogP contribution >= 0.6 is 34.7 Å². The molecule has 0 aliphatic rings. The average molecular weight is 194 g/mol. The van der Waals surface area contributed by atoms with Crippen LogP contribution in [-0.2, 0) is 0 Å². The monoisotopic (exact) mass is 193 g/mol. The van der Waals surface area contributed by atoms with E-state index in [1.165, 1.54) is 15.5 Å². The summed E-state index contributed by atoms with van der Waals surface area (Å²) in [7, 11) is 0. The van der Waals surface area contributed by atoms with Gasteiger partial charge in [-0.1, -0.05) is 36.8 Å². The van der Waals surface area contributed by atoms with Gasteiger partial charge in [-0.25, -0.2) is 4.98 Å². The van der Waals surface area contributed by atoms with Gasteiger partial charge in [0.1, 0.15) is 0 Å². The summed E-state index contributed by atoms with van der Waals surface area (Å²) in [5.74, 6) is 0. The van der Waals surface area contributed by atoms with Gasteiger partial charge in [-0.2, -0.15) is 0 Å². The molecule has 0 N–H and O–H groups in total. The van der Waals surface area contributed by atoms with Crippen molar-refractivity contribution < 1.29 is 0 Å². The van der Waals surface area contributed by atoms with Crippen molar-refractivity contribution >= 4 is 34.7 Å². The van der Waals surface area contributed by atoms with Crippen molar-refractivity contribution in [2.75, 3.05) is 0 Å². The highest BCUT2D eigenvalue weighted by Gasteiger charge is 2.01. The summed E-state index contributed by atoms with van der Waals surface area (Å²) in [5.41, 5.74) is 0. The quantitative estimate of drug-likeness (QED) is 0.669. The molecule has 0 spiro atoms. The lowest BCUT2D eigenvalue weighted by Crippen LogP contribution is -1.82. The van der Waals surface area contributed by atoms with Crippen LogP contribution in [0.15, 0.2) is 10.4 Å². The molecule has 1 heterocycles. The molecule has 0 aliphatic heterocycles. The van der Waals surface area contributed by atoms with Gasteiger partial charge in [0.2, 0.25) is 0 Å². The highest BCUT2D eigenvalue weighted by atomic mass is 35.5. The van der Waals surface area contributed by atoms with E-state index in [1.54, 1.807) is 11.8 Å². The van der Waals surface area contributed by atoms with Gasteiger partial charge < -0.3 is 0 Å². The molecular weight excluding hydrogens is 186 g/mol. The van der Waals surface area contributed by atoms with E-state index in [1.807, 2.05) is 6.20 Å². The van der Waals surface area contributed by atoms with Crippen molar-refractivity contribution in [2.45, 2.75) is 23.3 Å². The first kappa shape index (κ1) is 8.37. The van der Waals surface area contributed by atoms with Crippen molar-refractivity contribution in [1.82, 2.24) is 4.98 Å². The van der Waals surface area contributed by atoms with Crippen LogP contribution in [0, 0.1) is 0 Å². The molecule has 56 valence electrons. The maximum atomic E-state index is 5.64. The Kier molecular flexibility index (Phi) is 3.01. The summed E-state index contributed by atoms with van der Waals surface area (Å²) in [6, 6.07) is 0. The zero-order chi connectivity index (χ0) is 7.56. The van der Waals surface area contributed by atoms with Gasteiger partial charge in [0.15, 0.2) is 4.47 Å². The first-order chi connectivity index (χ1) is 4.68. The van der Waals surface area contributed by atoms with Crippen LogP contribution in [0.4, 0.5) is 0 Å². The molecule has 0 saturated carbocycles. The summed E-state index contributed by atoms with van der Waals surface area (Å²) < 4.78 is 1.82. The Hall–Kier alpha value is 0.270. The zero-order valence-electron chi connectivity index (χ0n) is 5.80. The third kappa shape index (κ3) is 2.48. The minimum atomic E-state index is 0.608. The van der Waals surface area contributed by atoms with Gasteiger partial charge in [0.05, 0.1) is 10.4 Å². The van der Waals surface area contributed by atoms with Gasteiger partial charge in [-0.05, 0) is 0 Å². The van der Waals surface area contributed by atoms with Crippen LogP contribution in [-0.4, -0.2) is 10.2 Å². The van der Waals surface area contributed by atoms with Crippen molar-refractivity contribution in [2.24, 2.45) is 0 Å². The fourth-order valence-corrected chi connectivity index (χ4v) is 2.92. The fourth-order valence-electron chi connectivity index (χ4n) is 0.526. The molecule has 4 heteroatoms. The molecule has 0 bridgehead atoms. The lowest BCUT2D eigenvalue weighted by atomic mass is 10.6. The SMILES string of the molecule is CC(C)Sc1cnc(Cl)s1. The molecule has 0 atom stereocenters. The van der Waals surface area contributed by atoms with Crippen molar-refractivity contribution in [3.63, 3.8) is 0 Å². The van der Waals surface area contributed by atoms with Crippen LogP contribution in [0.2, 0.25) is 4.47 Å². The summed E-state index contributed by atoms with van der Waals surface area (Å²) in [5, 5.41) is 0.608. The van der Waals surface area contributed by atoms with E-state index in [-0.39, 0.29) is 0 Å². The van der Waals surface area contributed by atoms with Crippen LogP contribution in [0.5, 0.6) is 0 Å². The maximum absolute atomic E-state index is 5.64. The minimum absolute atomic E-state index is 0.608. The number of thiazole rings is 1. The number of rotatable bonds is 2. The van der Waals surface area contributed by atoms with Crippen molar-refractivity contribution in [3.8, 4) is 0 Å². The van der Waals surface area contributed by atoms with E-state index in [2.05, 4.69) is 18.8 Å². The van der Waals surface area contributed by atoms with E-state index < -0.39 is 0 Å². The lowest BCUT2D eigenvalue weighted by Gasteiger charge is -1.97. The number of hydrogen-bond acceptors (Lipinski definition) is 3. The largest absolute Gasteiger partial charge is 0.232 e. The third-order valence-electron chi connectivity index (χ3n) is 0.808. The Bertz CT molecular complexity index is 209. The maximum Gasteiger partial charge on any atom is 0.184 e. The molecule has 0 fully saturated rings. The number of aromatic nitrogens is 1. The van der Waals surface area contributed by atoms with Crippen LogP contribution < -0.4 is 0 Å². The zero-order valence-corrected chi connectivity index (χ0v) is 8.19. The second-order valence-corrected chi connectivity index (χ2v) is 5.59. The van der Waals surface area contributed by atoms with Gasteiger partial charge in [-0.3, -0.25) is 0 Å².